The van der Waals surface area contributed by atoms with E-state index in [1.165, 1.54) is 6.42 Å². The maximum atomic E-state index is 10.5. The molecule has 0 spiro atoms. The number of carbonyl (C=O) groups excluding carboxylic acids is 1. The quantitative estimate of drug-likeness (QED) is 0.623. The van der Waals surface area contributed by atoms with E-state index in [0.717, 1.165) is 68.7 Å². The van der Waals surface area contributed by atoms with Crippen molar-refractivity contribution in [1.82, 2.24) is 20.2 Å². The van der Waals surface area contributed by atoms with Gasteiger partial charge in [0.25, 0.3) is 0 Å². The number of ether oxygens (including phenoxy) is 1. The lowest BCUT2D eigenvalue weighted by Gasteiger charge is -2.42. The molecule has 7 nitrogen and oxygen atoms in total. The van der Waals surface area contributed by atoms with Gasteiger partial charge in [0.1, 0.15) is 11.6 Å². The minimum absolute atomic E-state index is 0.0959. The monoisotopic (exact) mass is 417 g/mol. The zero-order valence-corrected chi connectivity index (χ0v) is 19.4. The molecule has 2 fully saturated rings. The average Bonchev–Trinajstić information content (AvgIpc) is 2.67. The maximum Gasteiger partial charge on any atom is 0.207 e. The molecule has 1 aliphatic carbocycles. The maximum absolute atomic E-state index is 10.5. The van der Waals surface area contributed by atoms with Crippen molar-refractivity contribution in [3.8, 4) is 0 Å². The van der Waals surface area contributed by atoms with Crippen molar-refractivity contribution in [3.63, 3.8) is 0 Å². The van der Waals surface area contributed by atoms with Crippen LogP contribution in [0, 0.1) is 5.92 Å². The van der Waals surface area contributed by atoms with Crippen LogP contribution in [-0.4, -0.2) is 66.1 Å². The van der Waals surface area contributed by atoms with Gasteiger partial charge in [-0.15, -0.1) is 0 Å². The molecule has 1 unspecified atom stereocenters. The van der Waals surface area contributed by atoms with Crippen molar-refractivity contribution in [3.05, 3.63) is 17.6 Å². The van der Waals surface area contributed by atoms with Crippen molar-refractivity contribution in [2.24, 2.45) is 5.92 Å². The number of nitrogens with zero attached hydrogens (tertiary/aromatic N) is 4. The summed E-state index contributed by atoms with van der Waals surface area (Å²) in [5, 5.41) is 2.89. The molecule has 0 radical (unpaired) electrons. The fourth-order valence-electron chi connectivity index (χ4n) is 4.39. The van der Waals surface area contributed by atoms with Gasteiger partial charge in [-0.25, -0.2) is 9.97 Å². The Morgan fingerprint density at radius 3 is 2.67 bits per heavy atom. The minimum atomic E-state index is -0.0959. The van der Waals surface area contributed by atoms with Crippen LogP contribution in [0.3, 0.4) is 0 Å². The number of piperazine rings is 1. The zero-order valence-electron chi connectivity index (χ0n) is 19.4. The molecule has 1 N–H and O–H groups in total. The molecule has 30 heavy (non-hydrogen) atoms. The van der Waals surface area contributed by atoms with E-state index < -0.39 is 0 Å². The van der Waals surface area contributed by atoms with Gasteiger partial charge in [0.2, 0.25) is 6.41 Å². The number of hydrogen-bond donors (Lipinski definition) is 1. The summed E-state index contributed by atoms with van der Waals surface area (Å²) < 4.78 is 5.63. The van der Waals surface area contributed by atoms with Crippen LogP contribution in [0.4, 0.5) is 5.82 Å². The van der Waals surface area contributed by atoms with Crippen LogP contribution in [0.1, 0.15) is 65.4 Å². The molecule has 1 aromatic rings. The number of rotatable bonds is 9. The van der Waals surface area contributed by atoms with Gasteiger partial charge < -0.3 is 15.0 Å². The van der Waals surface area contributed by atoms with Crippen LogP contribution in [0.5, 0.6) is 0 Å². The van der Waals surface area contributed by atoms with E-state index >= 15 is 0 Å². The number of aromatic nitrogens is 2. The summed E-state index contributed by atoms with van der Waals surface area (Å²) in [6.45, 7) is 16.2. The normalized spacial score (nSPS) is 25.1. The van der Waals surface area contributed by atoms with Crippen molar-refractivity contribution in [2.45, 2.75) is 78.0 Å². The van der Waals surface area contributed by atoms with Crippen LogP contribution >= 0.6 is 0 Å². The Bertz CT molecular complexity index is 699. The number of amides is 1. The average molecular weight is 418 g/mol. The lowest BCUT2D eigenvalue weighted by atomic mass is 9.78. The van der Waals surface area contributed by atoms with Gasteiger partial charge >= 0.3 is 0 Å². The van der Waals surface area contributed by atoms with Gasteiger partial charge in [-0.2, -0.15) is 0 Å². The highest BCUT2D eigenvalue weighted by molar-refractivity contribution is 5.47. The first-order valence-corrected chi connectivity index (χ1v) is 11.4. The molecule has 1 saturated heterocycles. The summed E-state index contributed by atoms with van der Waals surface area (Å²) in [4.78, 5) is 25.2. The van der Waals surface area contributed by atoms with E-state index in [1.807, 2.05) is 6.92 Å². The molecular weight excluding hydrogens is 378 g/mol. The molecule has 7 heteroatoms. The Balaban J connectivity index is 1.58. The van der Waals surface area contributed by atoms with Crippen LogP contribution in [0.15, 0.2) is 6.07 Å². The van der Waals surface area contributed by atoms with Crippen molar-refractivity contribution < 1.29 is 9.53 Å². The van der Waals surface area contributed by atoms with Gasteiger partial charge in [-0.05, 0) is 45.6 Å². The molecule has 2 aliphatic rings. The Morgan fingerprint density at radius 2 is 2.03 bits per heavy atom. The highest BCUT2D eigenvalue weighted by Gasteiger charge is 2.31. The minimum Gasteiger partial charge on any atom is -0.375 e. The Hall–Kier alpha value is -1.73. The Labute approximate surface area is 181 Å². The largest absolute Gasteiger partial charge is 0.375 e. The van der Waals surface area contributed by atoms with Crippen molar-refractivity contribution in [1.29, 1.82) is 0 Å². The summed E-state index contributed by atoms with van der Waals surface area (Å²) in [5.41, 5.74) is 0.867. The molecule has 0 aromatic carbocycles. The summed E-state index contributed by atoms with van der Waals surface area (Å²) >= 11 is 0. The summed E-state index contributed by atoms with van der Waals surface area (Å²) in [7, 11) is 0. The third kappa shape index (κ3) is 5.91. The van der Waals surface area contributed by atoms with Gasteiger partial charge in [0.05, 0.1) is 12.3 Å². The van der Waals surface area contributed by atoms with Crippen molar-refractivity contribution >= 4 is 12.2 Å². The SMILES string of the molecule is CCOCc1cc(N2CCN(CCC3CC(NC=O)C3)CC2C)nc(C(C)(C)C)n1. The van der Waals surface area contributed by atoms with Gasteiger partial charge in [0.15, 0.2) is 0 Å². The third-order valence-corrected chi connectivity index (χ3v) is 6.29. The lowest BCUT2D eigenvalue weighted by Crippen LogP contribution is -2.53. The standard InChI is InChI=1S/C23H39N5O2/c1-6-30-15-20-13-21(26-22(25-20)23(3,4)5)28-10-9-27(14-17(28)2)8-7-18-11-19(12-18)24-16-29/h13,16-19H,6-12,14-15H2,1-5H3,(H,24,29). The number of carbonyl (C=O) groups is 1. The summed E-state index contributed by atoms with van der Waals surface area (Å²) in [5.74, 6) is 2.67. The predicted octanol–water partition coefficient (Wildman–Crippen LogP) is 2.74. The molecule has 1 atom stereocenters. The molecule has 1 aliphatic heterocycles. The van der Waals surface area contributed by atoms with Crippen molar-refractivity contribution in [2.75, 3.05) is 37.7 Å². The number of anilines is 1. The fraction of sp³-hybridized carbons (Fsp3) is 0.783. The molecule has 1 saturated carbocycles. The highest BCUT2D eigenvalue weighted by Crippen LogP contribution is 2.31. The predicted molar refractivity (Wildman–Crippen MR) is 120 cm³/mol. The van der Waals surface area contributed by atoms with Gasteiger partial charge in [0, 0.05) is 49.8 Å². The number of hydrogen-bond acceptors (Lipinski definition) is 6. The van der Waals surface area contributed by atoms with E-state index in [1.54, 1.807) is 0 Å². The summed E-state index contributed by atoms with van der Waals surface area (Å²) in [6.07, 6.45) is 4.32. The smallest absolute Gasteiger partial charge is 0.207 e. The van der Waals surface area contributed by atoms with Gasteiger partial charge in [-0.3, -0.25) is 9.69 Å². The molecule has 2 heterocycles. The van der Waals surface area contributed by atoms with Gasteiger partial charge in [-0.1, -0.05) is 20.8 Å². The fourth-order valence-corrected chi connectivity index (χ4v) is 4.39. The molecule has 1 amide bonds. The Morgan fingerprint density at radius 1 is 1.27 bits per heavy atom. The summed E-state index contributed by atoms with van der Waals surface area (Å²) in [6, 6.07) is 2.92. The van der Waals surface area contributed by atoms with E-state index in [0.29, 0.717) is 25.3 Å². The third-order valence-electron chi connectivity index (χ3n) is 6.29. The number of nitrogens with one attached hydrogen (secondary N) is 1. The van der Waals surface area contributed by atoms with Crippen LogP contribution in [0.25, 0.3) is 0 Å². The first-order valence-electron chi connectivity index (χ1n) is 11.4. The second-order valence-electron chi connectivity index (χ2n) is 9.88. The topological polar surface area (TPSA) is 70.6 Å². The van der Waals surface area contributed by atoms with Crippen LogP contribution < -0.4 is 10.2 Å². The molecular formula is C23H39N5O2. The highest BCUT2D eigenvalue weighted by atomic mass is 16.5. The van der Waals surface area contributed by atoms with Crippen LogP contribution in [0.2, 0.25) is 0 Å². The molecule has 0 bridgehead atoms. The first kappa shape index (κ1) is 22.9. The molecule has 168 valence electrons. The van der Waals surface area contributed by atoms with E-state index in [2.05, 4.69) is 48.9 Å². The second kappa shape index (κ2) is 10.1. The lowest BCUT2D eigenvalue weighted by molar-refractivity contribution is -0.110. The van der Waals surface area contributed by atoms with E-state index in [-0.39, 0.29) is 5.41 Å². The van der Waals surface area contributed by atoms with E-state index in [4.69, 9.17) is 14.7 Å². The van der Waals surface area contributed by atoms with E-state index in [9.17, 15) is 4.79 Å². The second-order valence-corrected chi connectivity index (χ2v) is 9.88. The molecule has 1 aromatic heterocycles. The Kier molecular flexibility index (Phi) is 7.69. The molecule has 3 rings (SSSR count). The van der Waals surface area contributed by atoms with Crippen LogP contribution in [-0.2, 0) is 21.6 Å². The zero-order chi connectivity index (χ0) is 21.7. The first-order chi connectivity index (χ1) is 14.3.